The van der Waals surface area contributed by atoms with E-state index in [4.69, 9.17) is 0 Å². The molecule has 1 aliphatic heterocycles. The zero-order valence-corrected chi connectivity index (χ0v) is 13.6. The maximum absolute atomic E-state index is 12.4. The number of hydrogen-bond acceptors (Lipinski definition) is 4. The molecule has 0 unspecified atom stereocenters. The predicted octanol–water partition coefficient (Wildman–Crippen LogP) is 3.42. The van der Waals surface area contributed by atoms with Crippen molar-refractivity contribution in [3.8, 4) is 0 Å². The lowest BCUT2D eigenvalue weighted by Crippen LogP contribution is -2.42. The third kappa shape index (κ3) is 4.26. The summed E-state index contributed by atoms with van der Waals surface area (Å²) in [5.41, 5.74) is -4.34. The molecule has 0 saturated heterocycles. The van der Waals surface area contributed by atoms with Gasteiger partial charge in [0.25, 0.3) is 0 Å². The SMILES string of the molecule is C[C@@H]1C=C(OS(=O)(=O)C(F)(F)F)C[C@H](C)N1Cc1ccccc1. The minimum atomic E-state index is -5.61. The fraction of sp³-hybridized carbons (Fsp3) is 0.467. The van der Waals surface area contributed by atoms with Crippen LogP contribution in [0, 0.1) is 0 Å². The van der Waals surface area contributed by atoms with Gasteiger partial charge in [0.15, 0.2) is 0 Å². The molecule has 23 heavy (non-hydrogen) atoms. The molecule has 0 saturated carbocycles. The molecular formula is C15H18F3NO3S. The summed E-state index contributed by atoms with van der Waals surface area (Å²) in [6.07, 6.45) is 1.53. The first-order chi connectivity index (χ1) is 10.6. The van der Waals surface area contributed by atoms with E-state index >= 15 is 0 Å². The highest BCUT2D eigenvalue weighted by molar-refractivity contribution is 7.87. The van der Waals surface area contributed by atoms with Crippen LogP contribution >= 0.6 is 0 Å². The summed E-state index contributed by atoms with van der Waals surface area (Å²) in [7, 11) is -5.61. The van der Waals surface area contributed by atoms with Gasteiger partial charge in [-0.15, -0.1) is 0 Å². The number of hydrogen-bond donors (Lipinski definition) is 0. The Morgan fingerprint density at radius 2 is 1.83 bits per heavy atom. The van der Waals surface area contributed by atoms with Gasteiger partial charge in [0, 0.05) is 25.0 Å². The first-order valence-electron chi connectivity index (χ1n) is 7.11. The van der Waals surface area contributed by atoms with Crippen LogP contribution in [0.5, 0.6) is 0 Å². The molecule has 8 heteroatoms. The Labute approximate surface area is 133 Å². The van der Waals surface area contributed by atoms with Gasteiger partial charge in [-0.3, -0.25) is 4.90 Å². The van der Waals surface area contributed by atoms with Crippen molar-refractivity contribution in [3.63, 3.8) is 0 Å². The fourth-order valence-electron chi connectivity index (χ4n) is 2.59. The van der Waals surface area contributed by atoms with Gasteiger partial charge in [0.2, 0.25) is 0 Å². The number of nitrogens with zero attached hydrogens (tertiary/aromatic N) is 1. The van der Waals surface area contributed by atoms with Gasteiger partial charge < -0.3 is 4.18 Å². The Kier molecular flexibility index (Phi) is 5.05. The highest BCUT2D eigenvalue weighted by atomic mass is 32.2. The third-order valence-electron chi connectivity index (χ3n) is 3.72. The summed E-state index contributed by atoms with van der Waals surface area (Å²) in [5, 5.41) is 0. The highest BCUT2D eigenvalue weighted by Gasteiger charge is 2.49. The van der Waals surface area contributed by atoms with E-state index in [-0.39, 0.29) is 24.3 Å². The van der Waals surface area contributed by atoms with Gasteiger partial charge in [-0.05, 0) is 25.5 Å². The maximum atomic E-state index is 12.4. The van der Waals surface area contributed by atoms with Gasteiger partial charge in [-0.25, -0.2) is 0 Å². The van der Waals surface area contributed by atoms with Crippen LogP contribution in [-0.2, 0) is 20.8 Å². The monoisotopic (exact) mass is 349 g/mol. The van der Waals surface area contributed by atoms with E-state index in [0.29, 0.717) is 6.54 Å². The molecule has 128 valence electrons. The average molecular weight is 349 g/mol. The van der Waals surface area contributed by atoms with E-state index in [1.165, 1.54) is 6.08 Å². The van der Waals surface area contributed by atoms with E-state index < -0.39 is 15.6 Å². The normalized spacial score (nSPS) is 23.4. The first-order valence-corrected chi connectivity index (χ1v) is 8.52. The van der Waals surface area contributed by atoms with Crippen LogP contribution < -0.4 is 0 Å². The Balaban J connectivity index is 2.12. The summed E-state index contributed by atoms with van der Waals surface area (Å²) in [5.74, 6) is -0.161. The number of alkyl halides is 3. The van der Waals surface area contributed by atoms with Gasteiger partial charge in [-0.2, -0.15) is 21.6 Å². The summed E-state index contributed by atoms with van der Waals surface area (Å²) in [6.45, 7) is 4.25. The van der Waals surface area contributed by atoms with Crippen molar-refractivity contribution in [3.05, 3.63) is 47.7 Å². The molecule has 0 fully saturated rings. The van der Waals surface area contributed by atoms with E-state index in [1.807, 2.05) is 37.3 Å². The van der Waals surface area contributed by atoms with E-state index in [1.54, 1.807) is 6.92 Å². The molecule has 0 aromatic heterocycles. The molecule has 0 radical (unpaired) electrons. The molecule has 1 aliphatic rings. The molecule has 1 heterocycles. The molecule has 2 rings (SSSR count). The minimum absolute atomic E-state index is 0.104. The Hall–Kier alpha value is -1.54. The van der Waals surface area contributed by atoms with E-state index in [0.717, 1.165) is 5.56 Å². The predicted molar refractivity (Wildman–Crippen MR) is 79.7 cm³/mol. The summed E-state index contributed by atoms with van der Waals surface area (Å²) in [4.78, 5) is 2.07. The molecule has 1 aromatic rings. The lowest BCUT2D eigenvalue weighted by atomic mass is 10.0. The molecule has 2 atom stereocenters. The van der Waals surface area contributed by atoms with Crippen LogP contribution in [0.3, 0.4) is 0 Å². The smallest absolute Gasteiger partial charge is 0.381 e. The second-order valence-corrected chi connectivity index (χ2v) is 7.11. The second kappa shape index (κ2) is 6.52. The van der Waals surface area contributed by atoms with Crippen molar-refractivity contribution in [2.75, 3.05) is 0 Å². The van der Waals surface area contributed by atoms with Crippen molar-refractivity contribution in [2.24, 2.45) is 0 Å². The van der Waals surface area contributed by atoms with Gasteiger partial charge >= 0.3 is 15.6 Å². The summed E-state index contributed by atoms with van der Waals surface area (Å²) >= 11 is 0. The number of rotatable bonds is 4. The second-order valence-electron chi connectivity index (χ2n) is 5.57. The zero-order chi connectivity index (χ0) is 17.3. The van der Waals surface area contributed by atoms with Crippen LogP contribution in [0.1, 0.15) is 25.8 Å². The molecule has 0 spiro atoms. The topological polar surface area (TPSA) is 46.6 Å². The van der Waals surface area contributed by atoms with E-state index in [9.17, 15) is 21.6 Å². The Morgan fingerprint density at radius 1 is 1.22 bits per heavy atom. The van der Waals surface area contributed by atoms with Crippen molar-refractivity contribution < 1.29 is 25.8 Å². The standard InChI is InChI=1S/C15H18F3NO3S/c1-11-8-14(22-23(20,21)15(16,17)18)9-12(2)19(11)10-13-6-4-3-5-7-13/h3-8,11-12H,9-10H2,1-2H3/t11-,12+/m1/s1. The summed E-state index contributed by atoms with van der Waals surface area (Å²) < 4.78 is 63.7. The van der Waals surface area contributed by atoms with Crippen molar-refractivity contribution in [2.45, 2.75) is 44.4 Å². The largest absolute Gasteiger partial charge is 0.534 e. The van der Waals surface area contributed by atoms with Gasteiger partial charge in [-0.1, -0.05) is 30.3 Å². The first kappa shape index (κ1) is 17.8. The lowest BCUT2D eigenvalue weighted by molar-refractivity contribution is -0.0527. The molecule has 0 N–H and O–H groups in total. The number of benzene rings is 1. The molecule has 4 nitrogen and oxygen atoms in total. The number of halogens is 3. The van der Waals surface area contributed by atoms with Crippen molar-refractivity contribution in [1.29, 1.82) is 0 Å². The molecule has 0 bridgehead atoms. The Morgan fingerprint density at radius 3 is 2.35 bits per heavy atom. The van der Waals surface area contributed by atoms with Gasteiger partial charge in [0.05, 0.1) is 0 Å². The molecular weight excluding hydrogens is 331 g/mol. The average Bonchev–Trinajstić information content (AvgIpc) is 2.42. The van der Waals surface area contributed by atoms with Crippen LogP contribution in [-0.4, -0.2) is 30.9 Å². The summed E-state index contributed by atoms with van der Waals surface area (Å²) in [6, 6.07) is 9.27. The van der Waals surface area contributed by atoms with Crippen LogP contribution in [0.4, 0.5) is 13.2 Å². The lowest BCUT2D eigenvalue weighted by Gasteiger charge is -2.37. The Bertz CT molecular complexity index is 671. The van der Waals surface area contributed by atoms with Crippen LogP contribution in [0.15, 0.2) is 42.2 Å². The fourth-order valence-corrected chi connectivity index (χ4v) is 3.09. The quantitative estimate of drug-likeness (QED) is 0.617. The van der Waals surface area contributed by atoms with Crippen LogP contribution in [0.2, 0.25) is 0 Å². The maximum Gasteiger partial charge on any atom is 0.534 e. The third-order valence-corrected chi connectivity index (χ3v) is 4.72. The minimum Gasteiger partial charge on any atom is -0.381 e. The molecule has 0 amide bonds. The molecule has 0 aliphatic carbocycles. The van der Waals surface area contributed by atoms with Crippen molar-refractivity contribution in [1.82, 2.24) is 4.90 Å². The highest BCUT2D eigenvalue weighted by Crippen LogP contribution is 2.31. The van der Waals surface area contributed by atoms with E-state index in [2.05, 4.69) is 9.08 Å². The van der Waals surface area contributed by atoms with Crippen LogP contribution in [0.25, 0.3) is 0 Å². The zero-order valence-electron chi connectivity index (χ0n) is 12.7. The van der Waals surface area contributed by atoms with Gasteiger partial charge in [0.1, 0.15) is 5.76 Å². The molecule has 1 aromatic carbocycles. The van der Waals surface area contributed by atoms with Crippen molar-refractivity contribution >= 4 is 10.1 Å².